The lowest BCUT2D eigenvalue weighted by Crippen LogP contribution is -2.10. The second-order valence-corrected chi connectivity index (χ2v) is 6.57. The summed E-state index contributed by atoms with van der Waals surface area (Å²) in [4.78, 5) is 0. The highest BCUT2D eigenvalue weighted by Crippen LogP contribution is 2.32. The number of hydrogen-bond donors (Lipinski definition) is 0. The predicted molar refractivity (Wildman–Crippen MR) is 96.5 cm³/mol. The van der Waals surface area contributed by atoms with Crippen LogP contribution in [0, 0.1) is 0 Å². The summed E-state index contributed by atoms with van der Waals surface area (Å²) in [6.45, 7) is 21.0. The molecule has 0 heteroatoms. The fourth-order valence-corrected chi connectivity index (χ4v) is 2.37. The summed E-state index contributed by atoms with van der Waals surface area (Å²) >= 11 is 0. The molecule has 0 amide bonds. The Morgan fingerprint density at radius 3 is 1.90 bits per heavy atom. The van der Waals surface area contributed by atoms with Gasteiger partial charge in [0.2, 0.25) is 0 Å². The molecule has 1 aromatic carbocycles. The summed E-state index contributed by atoms with van der Waals surface area (Å²) in [7, 11) is 0. The fourth-order valence-electron chi connectivity index (χ4n) is 2.37. The Balaban J connectivity index is 3.49. The Labute approximate surface area is 130 Å². The minimum Gasteiger partial charge on any atom is -0.0984 e. The molecule has 0 aliphatic heterocycles. The molecule has 0 unspecified atom stereocenters. The number of rotatable bonds is 4. The highest BCUT2D eigenvalue weighted by Gasteiger charge is 2.15. The van der Waals surface area contributed by atoms with E-state index in [2.05, 4.69) is 78.1 Å². The molecule has 0 saturated carbocycles. The monoisotopic (exact) mass is 280 g/mol. The third kappa shape index (κ3) is 4.07. The van der Waals surface area contributed by atoms with Crippen molar-refractivity contribution in [3.8, 4) is 0 Å². The van der Waals surface area contributed by atoms with Gasteiger partial charge in [0.05, 0.1) is 0 Å². The maximum absolute atomic E-state index is 4.09. The van der Waals surface area contributed by atoms with Crippen LogP contribution in [0.5, 0.6) is 0 Å². The maximum Gasteiger partial charge on any atom is -0.00832 e. The molecule has 112 valence electrons. The van der Waals surface area contributed by atoms with Gasteiger partial charge < -0.3 is 0 Å². The first-order valence-corrected chi connectivity index (χ1v) is 7.49. The van der Waals surface area contributed by atoms with Crippen LogP contribution in [-0.2, 0) is 5.41 Å². The molecule has 0 radical (unpaired) electrons. The minimum atomic E-state index is 0.174. The summed E-state index contributed by atoms with van der Waals surface area (Å²) in [6.07, 6.45) is 4.04. The summed E-state index contributed by atoms with van der Waals surface area (Å²) in [5, 5.41) is 0. The lowest BCUT2D eigenvalue weighted by atomic mass is 9.84. The first kappa shape index (κ1) is 17.2. The molecule has 0 aromatic heterocycles. The summed E-state index contributed by atoms with van der Waals surface area (Å²) in [5.41, 5.74) is 7.37. The van der Waals surface area contributed by atoms with Gasteiger partial charge in [-0.05, 0) is 54.0 Å². The van der Waals surface area contributed by atoms with Crippen molar-refractivity contribution in [3.05, 3.63) is 77.4 Å². The Morgan fingerprint density at radius 2 is 1.57 bits per heavy atom. The van der Waals surface area contributed by atoms with Gasteiger partial charge in [0, 0.05) is 0 Å². The molecule has 0 heterocycles. The number of hydrogen-bond acceptors (Lipinski definition) is 0. The molecule has 0 saturated heterocycles. The van der Waals surface area contributed by atoms with Gasteiger partial charge in [0.1, 0.15) is 0 Å². The van der Waals surface area contributed by atoms with E-state index in [9.17, 15) is 0 Å². The average Bonchev–Trinajstić information content (AvgIpc) is 2.42. The van der Waals surface area contributed by atoms with Crippen molar-refractivity contribution in [3.63, 3.8) is 0 Å². The van der Waals surface area contributed by atoms with Crippen LogP contribution in [0.3, 0.4) is 0 Å². The first-order valence-electron chi connectivity index (χ1n) is 7.49. The van der Waals surface area contributed by atoms with E-state index in [1.54, 1.807) is 0 Å². The smallest absolute Gasteiger partial charge is 0.00832 e. The third-order valence-electron chi connectivity index (χ3n) is 3.80. The van der Waals surface area contributed by atoms with Crippen LogP contribution in [0.15, 0.2) is 66.3 Å². The molecule has 21 heavy (non-hydrogen) atoms. The standard InChI is InChI=1S/C21H28/c1-9-16(5)20(19(10-2)15(3)4)17-11-13-18(14-12-17)21(6,7)8/h9-14H,2-3H2,1,4-8H3/b16-9-,20-19-. The second kappa shape index (κ2) is 6.76. The van der Waals surface area contributed by atoms with Crippen LogP contribution < -0.4 is 0 Å². The zero-order valence-electron chi connectivity index (χ0n) is 14.4. The van der Waals surface area contributed by atoms with Gasteiger partial charge in [-0.15, -0.1) is 0 Å². The predicted octanol–water partition coefficient (Wildman–Crippen LogP) is 6.47. The quantitative estimate of drug-likeness (QED) is 0.555. The molecule has 0 fully saturated rings. The summed E-state index contributed by atoms with van der Waals surface area (Å²) in [6, 6.07) is 8.85. The number of benzene rings is 1. The highest BCUT2D eigenvalue weighted by atomic mass is 14.2. The molecule has 0 nitrogen and oxygen atoms in total. The van der Waals surface area contributed by atoms with E-state index in [0.29, 0.717) is 0 Å². The molecule has 0 N–H and O–H groups in total. The Hall–Kier alpha value is -1.82. The van der Waals surface area contributed by atoms with Gasteiger partial charge >= 0.3 is 0 Å². The van der Waals surface area contributed by atoms with E-state index in [0.717, 1.165) is 11.1 Å². The molecular formula is C21H28. The van der Waals surface area contributed by atoms with Crippen molar-refractivity contribution in [2.24, 2.45) is 0 Å². The highest BCUT2D eigenvalue weighted by molar-refractivity contribution is 5.85. The number of allylic oxidation sites excluding steroid dienone is 6. The SMILES string of the molecule is C=C/C(C(=C)C)=C(\C(C)=C/C)c1ccc(C(C)(C)C)cc1. The van der Waals surface area contributed by atoms with Crippen molar-refractivity contribution in [2.75, 3.05) is 0 Å². The lowest BCUT2D eigenvalue weighted by Gasteiger charge is -2.20. The third-order valence-corrected chi connectivity index (χ3v) is 3.80. The van der Waals surface area contributed by atoms with Gasteiger partial charge in [0.15, 0.2) is 0 Å². The van der Waals surface area contributed by atoms with Crippen LogP contribution in [0.2, 0.25) is 0 Å². The summed E-state index contributed by atoms with van der Waals surface area (Å²) in [5.74, 6) is 0. The van der Waals surface area contributed by atoms with E-state index in [4.69, 9.17) is 0 Å². The van der Waals surface area contributed by atoms with Gasteiger partial charge in [-0.3, -0.25) is 0 Å². The van der Waals surface area contributed by atoms with E-state index < -0.39 is 0 Å². The van der Waals surface area contributed by atoms with Crippen LogP contribution in [0.25, 0.3) is 5.57 Å². The minimum absolute atomic E-state index is 0.174. The maximum atomic E-state index is 4.09. The van der Waals surface area contributed by atoms with Gasteiger partial charge in [-0.2, -0.15) is 0 Å². The van der Waals surface area contributed by atoms with Gasteiger partial charge in [0.25, 0.3) is 0 Å². The second-order valence-electron chi connectivity index (χ2n) is 6.57. The van der Waals surface area contributed by atoms with Crippen molar-refractivity contribution in [1.82, 2.24) is 0 Å². The molecule has 0 atom stereocenters. The molecule has 0 spiro atoms. The van der Waals surface area contributed by atoms with Crippen molar-refractivity contribution in [1.29, 1.82) is 0 Å². The van der Waals surface area contributed by atoms with Crippen molar-refractivity contribution < 1.29 is 0 Å². The van der Waals surface area contributed by atoms with E-state index in [-0.39, 0.29) is 5.41 Å². The molecule has 1 rings (SSSR count). The zero-order valence-corrected chi connectivity index (χ0v) is 14.4. The molecule has 1 aromatic rings. The van der Waals surface area contributed by atoms with Crippen LogP contribution in [0.4, 0.5) is 0 Å². The van der Waals surface area contributed by atoms with Gasteiger partial charge in [-0.1, -0.05) is 75.9 Å². The van der Waals surface area contributed by atoms with E-state index in [1.165, 1.54) is 22.3 Å². The van der Waals surface area contributed by atoms with Crippen LogP contribution >= 0.6 is 0 Å². The summed E-state index contributed by atoms with van der Waals surface area (Å²) < 4.78 is 0. The Morgan fingerprint density at radius 1 is 1.05 bits per heavy atom. The lowest BCUT2D eigenvalue weighted by molar-refractivity contribution is 0.590. The molecule has 0 bridgehead atoms. The Bertz CT molecular complexity index is 584. The first-order chi connectivity index (χ1) is 9.72. The van der Waals surface area contributed by atoms with Crippen molar-refractivity contribution >= 4 is 5.57 Å². The van der Waals surface area contributed by atoms with Crippen LogP contribution in [0.1, 0.15) is 52.7 Å². The van der Waals surface area contributed by atoms with E-state index >= 15 is 0 Å². The Kier molecular flexibility index (Phi) is 5.54. The van der Waals surface area contributed by atoms with Crippen LogP contribution in [-0.4, -0.2) is 0 Å². The van der Waals surface area contributed by atoms with E-state index in [1.807, 2.05) is 13.0 Å². The topological polar surface area (TPSA) is 0 Å². The molecule has 0 aliphatic rings. The fraction of sp³-hybridized carbons (Fsp3) is 0.333. The molecular weight excluding hydrogens is 252 g/mol. The average molecular weight is 280 g/mol. The van der Waals surface area contributed by atoms with Crippen molar-refractivity contribution in [2.45, 2.75) is 47.0 Å². The largest absolute Gasteiger partial charge is 0.0984 e. The normalized spacial score (nSPS) is 13.7. The molecule has 0 aliphatic carbocycles. The zero-order chi connectivity index (χ0) is 16.2. The van der Waals surface area contributed by atoms with Gasteiger partial charge in [-0.25, -0.2) is 0 Å².